The van der Waals surface area contributed by atoms with E-state index in [4.69, 9.17) is 4.74 Å². The number of hydrogen-bond acceptors (Lipinski definition) is 3. The summed E-state index contributed by atoms with van der Waals surface area (Å²) in [6.07, 6.45) is 1.03. The highest BCUT2D eigenvalue weighted by Gasteiger charge is 2.16. The van der Waals surface area contributed by atoms with E-state index in [2.05, 4.69) is 11.8 Å². The van der Waals surface area contributed by atoms with E-state index < -0.39 is 0 Å². The number of ether oxygens (including phenoxy) is 1. The summed E-state index contributed by atoms with van der Waals surface area (Å²) in [6, 6.07) is 8.02. The second-order valence-corrected chi connectivity index (χ2v) is 4.37. The van der Waals surface area contributed by atoms with Crippen molar-refractivity contribution in [3.8, 4) is 5.75 Å². The molecule has 3 heteroatoms. The summed E-state index contributed by atoms with van der Waals surface area (Å²) in [4.78, 5) is 2.45. The van der Waals surface area contributed by atoms with E-state index in [1.54, 1.807) is 12.1 Å². The first-order valence-electron chi connectivity index (χ1n) is 5.85. The van der Waals surface area contributed by atoms with Gasteiger partial charge in [0.15, 0.2) is 0 Å². The van der Waals surface area contributed by atoms with Crippen LogP contribution >= 0.6 is 0 Å². The third-order valence-electron chi connectivity index (χ3n) is 3.14. The predicted octanol–water partition coefficient (Wildman–Crippen LogP) is 1.66. The number of hydrogen-bond donors (Lipinski definition) is 1. The summed E-state index contributed by atoms with van der Waals surface area (Å²) < 4.78 is 5.34. The fourth-order valence-corrected chi connectivity index (χ4v) is 2.12. The monoisotopic (exact) mass is 221 g/mol. The zero-order valence-electron chi connectivity index (χ0n) is 9.72. The van der Waals surface area contributed by atoms with E-state index in [-0.39, 0.29) is 0 Å². The van der Waals surface area contributed by atoms with Crippen molar-refractivity contribution < 1.29 is 9.84 Å². The number of benzene rings is 1. The van der Waals surface area contributed by atoms with Gasteiger partial charge in [-0.05, 0) is 31.0 Å². The molecule has 16 heavy (non-hydrogen) atoms. The maximum atomic E-state index is 9.21. The minimum Gasteiger partial charge on any atom is -0.508 e. The molecule has 1 aliphatic heterocycles. The van der Waals surface area contributed by atoms with Crippen LogP contribution in [0, 0.1) is 0 Å². The Bertz CT molecular complexity index is 317. The van der Waals surface area contributed by atoms with Gasteiger partial charge < -0.3 is 9.84 Å². The van der Waals surface area contributed by atoms with Crippen LogP contribution in [-0.2, 0) is 11.2 Å². The number of phenolic OH excluding ortho intramolecular Hbond substituents is 1. The molecule has 1 N–H and O–H groups in total. The number of aromatic hydroxyl groups is 1. The fourth-order valence-electron chi connectivity index (χ4n) is 2.12. The molecule has 0 bridgehead atoms. The summed E-state index contributed by atoms with van der Waals surface area (Å²) in [5, 5.41) is 9.21. The van der Waals surface area contributed by atoms with Crippen molar-refractivity contribution in [3.05, 3.63) is 29.8 Å². The Labute approximate surface area is 96.6 Å². The zero-order valence-corrected chi connectivity index (χ0v) is 9.72. The molecule has 88 valence electrons. The average molecular weight is 221 g/mol. The molecular formula is C13H19NO2. The topological polar surface area (TPSA) is 32.7 Å². The Kier molecular flexibility index (Phi) is 3.80. The van der Waals surface area contributed by atoms with Crippen molar-refractivity contribution in [1.82, 2.24) is 4.90 Å². The van der Waals surface area contributed by atoms with Crippen molar-refractivity contribution in [2.75, 3.05) is 26.3 Å². The van der Waals surface area contributed by atoms with Crippen molar-refractivity contribution in [2.24, 2.45) is 0 Å². The van der Waals surface area contributed by atoms with Gasteiger partial charge in [0.2, 0.25) is 0 Å². The maximum Gasteiger partial charge on any atom is 0.115 e. The van der Waals surface area contributed by atoms with Crippen LogP contribution in [0.5, 0.6) is 5.75 Å². The second-order valence-electron chi connectivity index (χ2n) is 4.37. The first-order chi connectivity index (χ1) is 7.75. The molecular weight excluding hydrogens is 202 g/mol. The molecule has 1 saturated heterocycles. The summed E-state index contributed by atoms with van der Waals surface area (Å²) in [5.74, 6) is 0.336. The van der Waals surface area contributed by atoms with Gasteiger partial charge >= 0.3 is 0 Å². The first-order valence-corrected chi connectivity index (χ1v) is 5.85. The lowest BCUT2D eigenvalue weighted by atomic mass is 10.1. The van der Waals surface area contributed by atoms with E-state index in [1.165, 1.54) is 5.56 Å². The van der Waals surface area contributed by atoms with Crippen LogP contribution in [0.1, 0.15) is 12.5 Å². The van der Waals surface area contributed by atoms with Gasteiger partial charge in [0.25, 0.3) is 0 Å². The van der Waals surface area contributed by atoms with Crippen LogP contribution < -0.4 is 0 Å². The van der Waals surface area contributed by atoms with Crippen molar-refractivity contribution in [2.45, 2.75) is 19.4 Å². The molecule has 0 aliphatic carbocycles. The molecule has 0 amide bonds. The van der Waals surface area contributed by atoms with E-state index in [1.807, 2.05) is 12.1 Å². The molecule has 1 fully saturated rings. The van der Waals surface area contributed by atoms with E-state index in [0.29, 0.717) is 11.8 Å². The Morgan fingerprint density at radius 2 is 1.88 bits per heavy atom. The number of nitrogens with zero attached hydrogens (tertiary/aromatic N) is 1. The number of phenols is 1. The normalized spacial score (nSPS) is 19.6. The average Bonchev–Trinajstić information content (AvgIpc) is 2.33. The largest absolute Gasteiger partial charge is 0.508 e. The van der Waals surface area contributed by atoms with Crippen LogP contribution in [-0.4, -0.2) is 42.4 Å². The van der Waals surface area contributed by atoms with Gasteiger partial charge in [-0.15, -0.1) is 0 Å². The summed E-state index contributed by atoms with van der Waals surface area (Å²) in [6.45, 7) is 6.00. The quantitative estimate of drug-likeness (QED) is 0.842. The SMILES string of the molecule is CC(Cc1ccc(O)cc1)N1CCOCC1. The molecule has 1 unspecified atom stereocenters. The second kappa shape index (κ2) is 5.32. The van der Waals surface area contributed by atoms with Gasteiger partial charge in [-0.3, -0.25) is 4.90 Å². The van der Waals surface area contributed by atoms with Gasteiger partial charge in [0, 0.05) is 19.1 Å². The summed E-state index contributed by atoms with van der Waals surface area (Å²) >= 11 is 0. The highest BCUT2D eigenvalue weighted by atomic mass is 16.5. The predicted molar refractivity (Wildman–Crippen MR) is 63.7 cm³/mol. The lowest BCUT2D eigenvalue weighted by Crippen LogP contribution is -2.43. The molecule has 0 saturated carbocycles. The Hall–Kier alpha value is -1.06. The van der Waals surface area contributed by atoms with Gasteiger partial charge in [-0.25, -0.2) is 0 Å². The van der Waals surface area contributed by atoms with E-state index >= 15 is 0 Å². The Morgan fingerprint density at radius 1 is 1.25 bits per heavy atom. The van der Waals surface area contributed by atoms with Gasteiger partial charge in [0.05, 0.1) is 13.2 Å². The molecule has 0 radical (unpaired) electrons. The lowest BCUT2D eigenvalue weighted by molar-refractivity contribution is 0.0203. The highest BCUT2D eigenvalue weighted by Crippen LogP contribution is 2.14. The third-order valence-corrected chi connectivity index (χ3v) is 3.14. The molecule has 1 heterocycles. The fraction of sp³-hybridized carbons (Fsp3) is 0.538. The smallest absolute Gasteiger partial charge is 0.115 e. The lowest BCUT2D eigenvalue weighted by Gasteiger charge is -2.32. The van der Waals surface area contributed by atoms with Gasteiger partial charge in [0.1, 0.15) is 5.75 Å². The zero-order chi connectivity index (χ0) is 11.4. The van der Waals surface area contributed by atoms with Gasteiger partial charge in [-0.2, -0.15) is 0 Å². The standard InChI is InChI=1S/C13H19NO2/c1-11(14-6-8-16-9-7-14)10-12-2-4-13(15)5-3-12/h2-5,11,15H,6-10H2,1H3. The molecule has 1 atom stereocenters. The van der Waals surface area contributed by atoms with Crippen LogP contribution in [0.25, 0.3) is 0 Å². The molecule has 1 aromatic carbocycles. The van der Waals surface area contributed by atoms with Crippen LogP contribution in [0.2, 0.25) is 0 Å². The minimum atomic E-state index is 0.336. The molecule has 2 rings (SSSR count). The molecule has 0 spiro atoms. The van der Waals surface area contributed by atoms with Crippen molar-refractivity contribution in [3.63, 3.8) is 0 Å². The molecule has 3 nitrogen and oxygen atoms in total. The van der Waals surface area contributed by atoms with Crippen molar-refractivity contribution >= 4 is 0 Å². The number of rotatable bonds is 3. The number of morpholine rings is 1. The maximum absolute atomic E-state index is 9.21. The van der Waals surface area contributed by atoms with E-state index in [0.717, 1.165) is 32.7 Å². The minimum absolute atomic E-state index is 0.336. The van der Waals surface area contributed by atoms with Crippen LogP contribution in [0.3, 0.4) is 0 Å². The van der Waals surface area contributed by atoms with Crippen LogP contribution in [0.4, 0.5) is 0 Å². The first kappa shape index (κ1) is 11.4. The highest BCUT2D eigenvalue weighted by molar-refractivity contribution is 5.26. The van der Waals surface area contributed by atoms with Crippen LogP contribution in [0.15, 0.2) is 24.3 Å². The summed E-state index contributed by atoms with van der Waals surface area (Å²) in [5.41, 5.74) is 1.27. The third kappa shape index (κ3) is 2.97. The molecule has 1 aromatic rings. The Morgan fingerprint density at radius 3 is 2.50 bits per heavy atom. The molecule has 1 aliphatic rings. The molecule has 0 aromatic heterocycles. The Balaban J connectivity index is 1.90. The van der Waals surface area contributed by atoms with Gasteiger partial charge in [-0.1, -0.05) is 12.1 Å². The summed E-state index contributed by atoms with van der Waals surface area (Å²) in [7, 11) is 0. The van der Waals surface area contributed by atoms with Crippen molar-refractivity contribution in [1.29, 1.82) is 0 Å². The van der Waals surface area contributed by atoms with E-state index in [9.17, 15) is 5.11 Å².